The number of nitrogens with one attached hydrogen (secondary N) is 3. The predicted molar refractivity (Wildman–Crippen MR) is 147 cm³/mol. The first-order valence-corrected chi connectivity index (χ1v) is 15.0. The van der Waals surface area contributed by atoms with Crippen molar-refractivity contribution in [3.8, 4) is 0 Å². The number of thioether (sulfide) groups is 1. The maximum Gasteiger partial charge on any atom is 0.230 e. The van der Waals surface area contributed by atoms with E-state index >= 15 is 0 Å². The number of ether oxygens (including phenoxy) is 1. The minimum atomic E-state index is -0.564. The molecule has 0 aromatic heterocycles. The maximum absolute atomic E-state index is 12.2. The Bertz CT molecular complexity index is 571. The zero-order valence-electron chi connectivity index (χ0n) is 22.1. The van der Waals surface area contributed by atoms with Gasteiger partial charge in [-0.15, -0.1) is 11.8 Å². The van der Waals surface area contributed by atoms with E-state index in [1.807, 2.05) is 0 Å². The highest BCUT2D eigenvalue weighted by molar-refractivity contribution is 8.00. The molecule has 1 unspecified atom stereocenters. The van der Waals surface area contributed by atoms with Gasteiger partial charge in [0.2, 0.25) is 11.8 Å². The number of aliphatic hydroxyl groups is 1. The van der Waals surface area contributed by atoms with Crippen LogP contribution in [0.5, 0.6) is 0 Å². The molecular formula is C27H51N3O4S. The van der Waals surface area contributed by atoms with Gasteiger partial charge in [0.1, 0.15) is 5.76 Å². The minimum Gasteiger partial charge on any atom is -0.511 e. The van der Waals surface area contributed by atoms with Crippen molar-refractivity contribution in [2.75, 3.05) is 44.4 Å². The summed E-state index contributed by atoms with van der Waals surface area (Å²) < 4.78 is 5.60. The van der Waals surface area contributed by atoms with Gasteiger partial charge in [0.25, 0.3) is 0 Å². The van der Waals surface area contributed by atoms with Gasteiger partial charge in [0.05, 0.1) is 18.4 Å². The Labute approximate surface area is 218 Å². The van der Waals surface area contributed by atoms with Gasteiger partial charge >= 0.3 is 0 Å². The average molecular weight is 514 g/mol. The molecule has 0 aromatic rings. The Morgan fingerprint density at radius 2 is 1.69 bits per heavy atom. The third-order valence-electron chi connectivity index (χ3n) is 6.37. The lowest BCUT2D eigenvalue weighted by atomic mass is 10.1. The molecule has 1 aliphatic rings. The molecule has 4 N–H and O–H groups in total. The molecule has 0 radical (unpaired) electrons. The molecule has 204 valence electrons. The molecule has 0 aromatic carbocycles. The van der Waals surface area contributed by atoms with E-state index in [9.17, 15) is 14.7 Å². The van der Waals surface area contributed by atoms with Gasteiger partial charge in [-0.3, -0.25) is 9.59 Å². The van der Waals surface area contributed by atoms with Crippen LogP contribution in [0.25, 0.3) is 0 Å². The standard InChI is InChI=1S/C27H51N3O4S/c1-3-4-5-6-7-8-9-10-11-12-13-17-34-18-15-26(32)30-25(23(2)31)21-35-22-27(33)29-20-24-14-16-28-19-24/h24-25,28,31H,2-22H2,1H3,(H,29,33)(H,30,32)/t24?,25-/m0/s1. The van der Waals surface area contributed by atoms with Crippen LogP contribution in [0.1, 0.15) is 90.4 Å². The molecule has 8 heteroatoms. The number of rotatable bonds is 23. The molecule has 2 atom stereocenters. The maximum atomic E-state index is 12.2. The number of carbonyl (C=O) groups excluding carboxylic acids is 2. The molecule has 2 amide bonds. The number of amides is 2. The van der Waals surface area contributed by atoms with Crippen LogP contribution in [0.4, 0.5) is 0 Å². The molecule has 1 aliphatic heterocycles. The molecule has 0 aliphatic carbocycles. The Morgan fingerprint density at radius 1 is 1.03 bits per heavy atom. The molecule has 1 heterocycles. The number of hydrogen-bond donors (Lipinski definition) is 4. The molecule has 0 spiro atoms. The number of aliphatic hydroxyl groups excluding tert-OH is 1. The summed E-state index contributed by atoms with van der Waals surface area (Å²) in [5, 5.41) is 18.8. The van der Waals surface area contributed by atoms with E-state index in [0.717, 1.165) is 25.9 Å². The first kappa shape index (κ1) is 31.8. The van der Waals surface area contributed by atoms with Crippen LogP contribution in [-0.4, -0.2) is 67.3 Å². The van der Waals surface area contributed by atoms with E-state index in [1.54, 1.807) is 0 Å². The van der Waals surface area contributed by atoms with Crippen molar-refractivity contribution in [2.45, 2.75) is 96.4 Å². The highest BCUT2D eigenvalue weighted by Gasteiger charge is 2.17. The van der Waals surface area contributed by atoms with Gasteiger partial charge in [0, 0.05) is 25.3 Å². The lowest BCUT2D eigenvalue weighted by Gasteiger charge is -2.17. The van der Waals surface area contributed by atoms with E-state index in [2.05, 4.69) is 29.5 Å². The molecule has 7 nitrogen and oxygen atoms in total. The third-order valence-corrected chi connectivity index (χ3v) is 7.41. The van der Waals surface area contributed by atoms with Crippen molar-refractivity contribution in [3.05, 3.63) is 12.3 Å². The summed E-state index contributed by atoms with van der Waals surface area (Å²) in [6.07, 6.45) is 15.6. The van der Waals surface area contributed by atoms with E-state index in [0.29, 0.717) is 37.2 Å². The first-order valence-electron chi connectivity index (χ1n) is 13.8. The number of unbranched alkanes of at least 4 members (excludes halogenated alkanes) is 10. The van der Waals surface area contributed by atoms with Gasteiger partial charge in [-0.05, 0) is 31.8 Å². The lowest BCUT2D eigenvalue weighted by molar-refractivity contribution is -0.122. The minimum absolute atomic E-state index is 0.0219. The zero-order chi connectivity index (χ0) is 25.6. The summed E-state index contributed by atoms with van der Waals surface area (Å²) in [7, 11) is 0. The largest absolute Gasteiger partial charge is 0.511 e. The zero-order valence-corrected chi connectivity index (χ0v) is 22.9. The van der Waals surface area contributed by atoms with Crippen LogP contribution in [0.15, 0.2) is 12.3 Å². The number of hydrogen-bond acceptors (Lipinski definition) is 6. The smallest absolute Gasteiger partial charge is 0.230 e. The van der Waals surface area contributed by atoms with Crippen molar-refractivity contribution in [1.29, 1.82) is 0 Å². The van der Waals surface area contributed by atoms with E-state index in [1.165, 1.54) is 76.0 Å². The van der Waals surface area contributed by atoms with Gasteiger partial charge in [-0.25, -0.2) is 0 Å². The first-order chi connectivity index (χ1) is 17.0. The van der Waals surface area contributed by atoms with Crippen molar-refractivity contribution >= 4 is 23.6 Å². The Balaban J connectivity index is 1.96. The SMILES string of the molecule is C=C(O)[C@H](CSCC(=O)NCC1CCNC1)NC(=O)CCOCCCCCCCCCCCCC. The highest BCUT2D eigenvalue weighted by Crippen LogP contribution is 2.12. The van der Waals surface area contributed by atoms with Gasteiger partial charge in [0.15, 0.2) is 0 Å². The molecule has 0 saturated carbocycles. The van der Waals surface area contributed by atoms with Crippen molar-refractivity contribution in [3.63, 3.8) is 0 Å². The van der Waals surface area contributed by atoms with E-state index < -0.39 is 6.04 Å². The van der Waals surface area contributed by atoms with Crippen molar-refractivity contribution in [1.82, 2.24) is 16.0 Å². The summed E-state index contributed by atoms with van der Waals surface area (Å²) in [6, 6.07) is -0.564. The third kappa shape index (κ3) is 18.6. The topological polar surface area (TPSA) is 99.7 Å². The molecular weight excluding hydrogens is 462 g/mol. The van der Waals surface area contributed by atoms with E-state index in [4.69, 9.17) is 4.74 Å². The summed E-state index contributed by atoms with van der Waals surface area (Å²) in [5.74, 6) is 0.908. The van der Waals surface area contributed by atoms with Crippen molar-refractivity contribution in [2.24, 2.45) is 5.92 Å². The summed E-state index contributed by atoms with van der Waals surface area (Å²) >= 11 is 1.38. The average Bonchev–Trinajstić information content (AvgIpc) is 3.36. The molecule has 1 rings (SSSR count). The molecule has 35 heavy (non-hydrogen) atoms. The Morgan fingerprint density at radius 3 is 2.29 bits per heavy atom. The van der Waals surface area contributed by atoms with Crippen molar-refractivity contribution < 1.29 is 19.4 Å². The quantitative estimate of drug-likeness (QED) is 0.117. The second-order valence-corrected chi connectivity index (χ2v) is 10.7. The van der Waals surface area contributed by atoms with Crippen LogP contribution >= 0.6 is 11.8 Å². The highest BCUT2D eigenvalue weighted by atomic mass is 32.2. The van der Waals surface area contributed by atoms with Crippen LogP contribution in [0.2, 0.25) is 0 Å². The number of carbonyl (C=O) groups is 2. The van der Waals surface area contributed by atoms with Crippen LogP contribution < -0.4 is 16.0 Å². The molecule has 1 saturated heterocycles. The molecule has 1 fully saturated rings. The Hall–Kier alpha value is -1.25. The second kappa shape index (κ2) is 22.0. The fourth-order valence-corrected chi connectivity index (χ4v) is 5.01. The normalized spacial score (nSPS) is 16.2. The van der Waals surface area contributed by atoms with Crippen LogP contribution in [-0.2, 0) is 14.3 Å². The lowest BCUT2D eigenvalue weighted by Crippen LogP contribution is -2.39. The van der Waals surface area contributed by atoms with Crippen LogP contribution in [0.3, 0.4) is 0 Å². The van der Waals surface area contributed by atoms with Gasteiger partial charge < -0.3 is 25.8 Å². The molecule has 0 bridgehead atoms. The van der Waals surface area contributed by atoms with E-state index in [-0.39, 0.29) is 24.0 Å². The predicted octanol–water partition coefficient (Wildman–Crippen LogP) is 4.72. The fraction of sp³-hybridized carbons (Fsp3) is 0.852. The van der Waals surface area contributed by atoms with Crippen LogP contribution in [0, 0.1) is 5.92 Å². The van der Waals surface area contributed by atoms with Gasteiger partial charge in [-0.1, -0.05) is 77.7 Å². The second-order valence-electron chi connectivity index (χ2n) is 9.69. The monoisotopic (exact) mass is 513 g/mol. The Kier molecular flexibility index (Phi) is 20.0. The summed E-state index contributed by atoms with van der Waals surface area (Å²) in [6.45, 7) is 9.53. The summed E-state index contributed by atoms with van der Waals surface area (Å²) in [4.78, 5) is 24.2. The van der Waals surface area contributed by atoms with Gasteiger partial charge in [-0.2, -0.15) is 0 Å². The summed E-state index contributed by atoms with van der Waals surface area (Å²) in [5.41, 5.74) is 0. The fourth-order valence-electron chi connectivity index (χ4n) is 4.09.